The normalized spacial score (nSPS) is 30.8. The Morgan fingerprint density at radius 1 is 1.08 bits per heavy atom. The number of likely N-dealkylation sites (tertiary alicyclic amines) is 1. The van der Waals surface area contributed by atoms with E-state index in [1.54, 1.807) is 33.9 Å². The molecule has 4 heterocycles. The van der Waals surface area contributed by atoms with Crippen LogP contribution in [0.15, 0.2) is 48.6 Å². The van der Waals surface area contributed by atoms with Crippen molar-refractivity contribution in [3.63, 3.8) is 0 Å². The average molecular weight is 538 g/mol. The number of benzene rings is 1. The van der Waals surface area contributed by atoms with Crippen LogP contribution >= 0.6 is 0 Å². The Labute approximate surface area is 230 Å². The van der Waals surface area contributed by atoms with E-state index in [1.165, 1.54) is 0 Å². The van der Waals surface area contributed by atoms with Crippen LogP contribution in [-0.4, -0.2) is 89.8 Å². The molecule has 1 spiro atoms. The third kappa shape index (κ3) is 4.45. The van der Waals surface area contributed by atoms with Crippen molar-refractivity contribution >= 4 is 23.4 Å². The van der Waals surface area contributed by atoms with E-state index in [-0.39, 0.29) is 36.8 Å². The van der Waals surface area contributed by atoms with Crippen molar-refractivity contribution in [3.05, 3.63) is 48.6 Å². The topological polar surface area (TPSA) is 99.6 Å². The van der Waals surface area contributed by atoms with E-state index >= 15 is 0 Å². The lowest BCUT2D eigenvalue weighted by Gasteiger charge is -2.39. The van der Waals surface area contributed by atoms with Gasteiger partial charge in [0.15, 0.2) is 0 Å². The number of hydrogen-bond acceptors (Lipinski definition) is 6. The lowest BCUT2D eigenvalue weighted by Crippen LogP contribution is -2.58. The van der Waals surface area contributed by atoms with Gasteiger partial charge in [0.05, 0.1) is 37.7 Å². The number of rotatable bonds is 8. The molecule has 39 heavy (non-hydrogen) atoms. The molecule has 1 aromatic carbocycles. The molecule has 4 aliphatic heterocycles. The fourth-order valence-electron chi connectivity index (χ4n) is 6.81. The lowest BCUT2D eigenvalue weighted by molar-refractivity contribution is -0.147. The van der Waals surface area contributed by atoms with Gasteiger partial charge in [-0.25, -0.2) is 0 Å². The molecule has 9 heteroatoms. The molecule has 3 amide bonds. The first kappa shape index (κ1) is 27.4. The van der Waals surface area contributed by atoms with Crippen LogP contribution in [0.1, 0.15) is 33.6 Å². The summed E-state index contributed by atoms with van der Waals surface area (Å²) in [5.41, 5.74) is -0.648. The fourth-order valence-corrected chi connectivity index (χ4v) is 6.81. The zero-order valence-corrected chi connectivity index (χ0v) is 23.2. The molecule has 1 N–H and O–H groups in total. The molecule has 4 aliphatic rings. The van der Waals surface area contributed by atoms with E-state index in [2.05, 4.69) is 0 Å². The van der Waals surface area contributed by atoms with E-state index in [0.717, 1.165) is 6.42 Å². The number of anilines is 1. The number of carbonyl (C=O) groups is 3. The molecule has 1 unspecified atom stereocenters. The third-order valence-corrected chi connectivity index (χ3v) is 8.41. The van der Waals surface area contributed by atoms with Gasteiger partial charge in [0, 0.05) is 25.3 Å². The molecule has 6 atom stereocenters. The average Bonchev–Trinajstić information content (AvgIpc) is 3.25. The van der Waals surface area contributed by atoms with Crippen LogP contribution in [0.5, 0.6) is 5.75 Å². The van der Waals surface area contributed by atoms with Gasteiger partial charge in [0.1, 0.15) is 17.4 Å². The predicted molar refractivity (Wildman–Crippen MR) is 146 cm³/mol. The van der Waals surface area contributed by atoms with Crippen molar-refractivity contribution in [1.29, 1.82) is 0 Å². The summed E-state index contributed by atoms with van der Waals surface area (Å²) < 4.78 is 12.0. The highest BCUT2D eigenvalue weighted by Gasteiger charge is 2.72. The first-order valence-corrected chi connectivity index (χ1v) is 14.0. The van der Waals surface area contributed by atoms with Crippen LogP contribution in [0.25, 0.3) is 0 Å². The maximum Gasteiger partial charge on any atom is 0.253 e. The molecule has 9 nitrogen and oxygen atoms in total. The standard InChI is InChI=1S/C30H39N3O6/c1-5-14-31-15-6-8-23-24(27(31)35)25-28(36)33(21(18-34)17-19(2)3)26-29(37)32(16-7-13-30(25,26)39-23)20-9-11-22(38-4)12-10-20/h6-13,19,21,23-26,34H,5,14-18H2,1-4H3/t21-,23+,24-,25+,26?,30+/m1/s1. The number of carbonyl (C=O) groups excluding carboxylic acids is 3. The summed E-state index contributed by atoms with van der Waals surface area (Å²) in [7, 11) is 1.58. The lowest BCUT2D eigenvalue weighted by atomic mass is 9.77. The zero-order valence-electron chi connectivity index (χ0n) is 23.2. The summed E-state index contributed by atoms with van der Waals surface area (Å²) in [5.74, 6) is -1.47. The summed E-state index contributed by atoms with van der Waals surface area (Å²) in [5, 5.41) is 10.5. The molecule has 2 fully saturated rings. The van der Waals surface area contributed by atoms with Gasteiger partial charge in [-0.1, -0.05) is 45.1 Å². The smallest absolute Gasteiger partial charge is 0.253 e. The Balaban J connectivity index is 1.62. The molecular weight excluding hydrogens is 498 g/mol. The Hall–Kier alpha value is -3.17. The number of fused-ring (bicyclic) bond motifs is 2. The summed E-state index contributed by atoms with van der Waals surface area (Å²) in [6.45, 7) is 7.11. The van der Waals surface area contributed by atoms with Crippen LogP contribution < -0.4 is 9.64 Å². The highest BCUT2D eigenvalue weighted by atomic mass is 16.5. The second kappa shape index (κ2) is 10.8. The number of aliphatic hydroxyl groups is 1. The molecule has 2 saturated heterocycles. The number of ether oxygens (including phenoxy) is 2. The molecule has 0 saturated carbocycles. The van der Waals surface area contributed by atoms with Crippen molar-refractivity contribution < 1.29 is 29.0 Å². The van der Waals surface area contributed by atoms with E-state index < -0.39 is 35.6 Å². The number of nitrogens with zero attached hydrogens (tertiary/aromatic N) is 3. The SMILES string of the molecule is CCCN1CC=C[C@@H]2O[C@]34C=CCN(c5ccc(OC)cc5)C(=O)C3N([C@@H](CO)CC(C)C)C(=O)[C@@H]4[C@@H]2C1=O. The highest BCUT2D eigenvalue weighted by Crippen LogP contribution is 2.54. The molecule has 210 valence electrons. The van der Waals surface area contributed by atoms with Gasteiger partial charge in [-0.15, -0.1) is 0 Å². The van der Waals surface area contributed by atoms with E-state index in [9.17, 15) is 19.5 Å². The van der Waals surface area contributed by atoms with Gasteiger partial charge in [-0.05, 0) is 43.0 Å². The van der Waals surface area contributed by atoms with Crippen LogP contribution in [0, 0.1) is 17.8 Å². The Kier molecular flexibility index (Phi) is 7.57. The van der Waals surface area contributed by atoms with Crippen LogP contribution in [0.3, 0.4) is 0 Å². The first-order chi connectivity index (χ1) is 18.8. The van der Waals surface area contributed by atoms with Gasteiger partial charge in [0.2, 0.25) is 11.8 Å². The summed E-state index contributed by atoms with van der Waals surface area (Å²) >= 11 is 0. The largest absolute Gasteiger partial charge is 0.497 e. The zero-order chi connectivity index (χ0) is 27.9. The van der Waals surface area contributed by atoms with Gasteiger partial charge >= 0.3 is 0 Å². The minimum atomic E-state index is -1.32. The summed E-state index contributed by atoms with van der Waals surface area (Å²) in [6, 6.07) is 5.61. The van der Waals surface area contributed by atoms with E-state index in [0.29, 0.717) is 30.9 Å². The van der Waals surface area contributed by atoms with Gasteiger partial charge in [-0.2, -0.15) is 0 Å². The van der Waals surface area contributed by atoms with Gasteiger partial charge < -0.3 is 29.3 Å². The third-order valence-electron chi connectivity index (χ3n) is 8.41. The number of hydrogen-bond donors (Lipinski definition) is 1. The second-order valence-electron chi connectivity index (χ2n) is 11.3. The van der Waals surface area contributed by atoms with Crippen LogP contribution in [0.2, 0.25) is 0 Å². The molecule has 0 aliphatic carbocycles. The van der Waals surface area contributed by atoms with Gasteiger partial charge in [-0.3, -0.25) is 14.4 Å². The first-order valence-electron chi connectivity index (χ1n) is 14.0. The highest BCUT2D eigenvalue weighted by molar-refractivity contribution is 6.06. The summed E-state index contributed by atoms with van der Waals surface area (Å²) in [4.78, 5) is 47.7. The van der Waals surface area contributed by atoms with Crippen molar-refractivity contribution in [2.45, 2.75) is 57.4 Å². The van der Waals surface area contributed by atoms with Crippen molar-refractivity contribution in [1.82, 2.24) is 9.80 Å². The Morgan fingerprint density at radius 2 is 1.82 bits per heavy atom. The molecule has 0 bridgehead atoms. The van der Waals surface area contributed by atoms with Crippen molar-refractivity contribution in [3.8, 4) is 5.75 Å². The summed E-state index contributed by atoms with van der Waals surface area (Å²) in [6.07, 6.45) is 8.21. The van der Waals surface area contributed by atoms with Crippen molar-refractivity contribution in [2.24, 2.45) is 17.8 Å². The van der Waals surface area contributed by atoms with Gasteiger partial charge in [0.25, 0.3) is 5.91 Å². The maximum atomic E-state index is 14.5. The minimum absolute atomic E-state index is 0.121. The fraction of sp³-hybridized carbons (Fsp3) is 0.567. The second-order valence-corrected chi connectivity index (χ2v) is 11.3. The molecular formula is C30H39N3O6. The number of methoxy groups -OCH3 is 1. The van der Waals surface area contributed by atoms with E-state index in [1.807, 2.05) is 57.2 Å². The molecule has 5 rings (SSSR count). The molecule has 0 aromatic heterocycles. The molecule has 1 aromatic rings. The minimum Gasteiger partial charge on any atom is -0.497 e. The Bertz CT molecular complexity index is 1160. The van der Waals surface area contributed by atoms with E-state index in [4.69, 9.17) is 9.47 Å². The number of aliphatic hydroxyl groups excluding tert-OH is 1. The van der Waals surface area contributed by atoms with Crippen LogP contribution in [-0.2, 0) is 19.1 Å². The van der Waals surface area contributed by atoms with Crippen molar-refractivity contribution in [2.75, 3.05) is 38.3 Å². The maximum absolute atomic E-state index is 14.5. The quantitative estimate of drug-likeness (QED) is 0.512. The monoisotopic (exact) mass is 537 g/mol. The predicted octanol–water partition coefficient (Wildman–Crippen LogP) is 2.39. The Morgan fingerprint density at radius 3 is 2.46 bits per heavy atom. The number of amides is 3. The van der Waals surface area contributed by atoms with Crippen LogP contribution in [0.4, 0.5) is 5.69 Å². The molecule has 0 radical (unpaired) electrons.